The molecule has 0 aliphatic carbocycles. The molecule has 8 heteroatoms. The van der Waals surface area contributed by atoms with Gasteiger partial charge in [0.2, 0.25) is 5.91 Å². The van der Waals surface area contributed by atoms with Gasteiger partial charge in [0.1, 0.15) is 12.7 Å². The van der Waals surface area contributed by atoms with Crippen LogP contribution in [0.3, 0.4) is 0 Å². The lowest BCUT2D eigenvalue weighted by Crippen LogP contribution is -2.42. The number of nitrogens with one attached hydrogen (secondary N) is 1. The quantitative estimate of drug-likeness (QED) is 0.576. The summed E-state index contributed by atoms with van der Waals surface area (Å²) in [6, 6.07) is 0. The van der Waals surface area contributed by atoms with Gasteiger partial charge in [-0.1, -0.05) is 0 Å². The zero-order valence-electron chi connectivity index (χ0n) is 10.0. The highest BCUT2D eigenvalue weighted by Crippen LogP contribution is 2.07. The first-order chi connectivity index (χ1) is 8.39. The minimum absolute atomic E-state index is 0.102. The number of aryl methyl sites for hydroxylation is 1. The maximum absolute atomic E-state index is 11.4. The van der Waals surface area contributed by atoms with E-state index in [1.165, 1.54) is 24.3 Å². The van der Waals surface area contributed by atoms with Gasteiger partial charge >= 0.3 is 5.97 Å². The number of amides is 1. The number of hydrogen-bond acceptors (Lipinski definition) is 5. The summed E-state index contributed by atoms with van der Waals surface area (Å²) < 4.78 is 1.51. The zero-order chi connectivity index (χ0) is 13.6. The third-order valence-electron chi connectivity index (χ3n) is 2.23. The first-order valence-corrected chi connectivity index (χ1v) is 5.42. The van der Waals surface area contributed by atoms with Crippen molar-refractivity contribution < 1.29 is 19.8 Å². The lowest BCUT2D eigenvalue weighted by Gasteiger charge is -2.21. The summed E-state index contributed by atoms with van der Waals surface area (Å²) in [6.07, 6.45) is 2.63. The van der Waals surface area contributed by atoms with Crippen molar-refractivity contribution in [3.8, 4) is 0 Å². The Labute approximate surface area is 104 Å². The molecule has 1 heterocycles. The molecule has 1 atom stereocenters. The fourth-order valence-electron chi connectivity index (χ4n) is 1.33. The number of rotatable bonds is 7. The van der Waals surface area contributed by atoms with Gasteiger partial charge in [-0.05, 0) is 6.92 Å². The highest BCUT2D eigenvalue weighted by atomic mass is 16.4. The molecule has 18 heavy (non-hydrogen) atoms. The van der Waals surface area contributed by atoms with Gasteiger partial charge in [-0.15, -0.1) is 0 Å². The van der Waals surface area contributed by atoms with E-state index in [0.29, 0.717) is 6.54 Å². The first kappa shape index (κ1) is 14.1. The fourth-order valence-corrected chi connectivity index (χ4v) is 1.33. The van der Waals surface area contributed by atoms with Gasteiger partial charge in [0.25, 0.3) is 0 Å². The Morgan fingerprint density at radius 3 is 2.78 bits per heavy atom. The van der Waals surface area contributed by atoms with E-state index in [-0.39, 0.29) is 18.9 Å². The van der Waals surface area contributed by atoms with Crippen molar-refractivity contribution >= 4 is 11.9 Å². The lowest BCUT2D eigenvalue weighted by molar-refractivity contribution is -0.142. The van der Waals surface area contributed by atoms with Gasteiger partial charge in [0.15, 0.2) is 0 Å². The summed E-state index contributed by atoms with van der Waals surface area (Å²) in [6.45, 7) is 1.64. The molecule has 1 aromatic heterocycles. The monoisotopic (exact) mass is 256 g/mol. The molecular formula is C10H16N4O4. The van der Waals surface area contributed by atoms with Crippen LogP contribution in [-0.4, -0.2) is 49.0 Å². The van der Waals surface area contributed by atoms with Crippen molar-refractivity contribution in [1.82, 2.24) is 20.1 Å². The van der Waals surface area contributed by atoms with Crippen molar-refractivity contribution in [1.29, 1.82) is 0 Å². The first-order valence-electron chi connectivity index (χ1n) is 5.42. The Morgan fingerprint density at radius 2 is 2.22 bits per heavy atom. The molecule has 0 aliphatic heterocycles. The minimum atomic E-state index is -1.45. The second-order valence-corrected chi connectivity index (χ2v) is 4.25. The van der Waals surface area contributed by atoms with Crippen LogP contribution in [-0.2, 0) is 16.1 Å². The van der Waals surface area contributed by atoms with Gasteiger partial charge in [-0.2, -0.15) is 5.10 Å². The summed E-state index contributed by atoms with van der Waals surface area (Å²) in [4.78, 5) is 25.6. The van der Waals surface area contributed by atoms with Crippen molar-refractivity contribution in [2.45, 2.75) is 31.9 Å². The number of carboxylic acid groups (broad SMARTS) is 1. The van der Waals surface area contributed by atoms with Gasteiger partial charge in [-0.25, -0.2) is 4.98 Å². The molecule has 0 spiro atoms. The number of aliphatic hydroxyl groups is 1. The topological polar surface area (TPSA) is 117 Å². The number of carbonyl (C=O) groups excluding carboxylic acids is 1. The van der Waals surface area contributed by atoms with E-state index in [4.69, 9.17) is 5.11 Å². The summed E-state index contributed by atoms with van der Waals surface area (Å²) in [5, 5.41) is 24.5. The molecule has 0 aliphatic rings. The zero-order valence-corrected chi connectivity index (χ0v) is 10.0. The highest BCUT2D eigenvalue weighted by molar-refractivity contribution is 5.76. The van der Waals surface area contributed by atoms with Gasteiger partial charge < -0.3 is 15.5 Å². The molecule has 1 rings (SSSR count). The van der Waals surface area contributed by atoms with Gasteiger partial charge in [0, 0.05) is 13.0 Å². The molecule has 1 amide bonds. The van der Waals surface area contributed by atoms with Gasteiger partial charge in [0.05, 0.1) is 18.6 Å². The summed E-state index contributed by atoms with van der Waals surface area (Å²) in [7, 11) is 0. The Balaban J connectivity index is 2.26. The number of nitrogens with zero attached hydrogens (tertiary/aromatic N) is 3. The molecular weight excluding hydrogens is 240 g/mol. The van der Waals surface area contributed by atoms with Crippen molar-refractivity contribution in [3.05, 3.63) is 12.7 Å². The third-order valence-corrected chi connectivity index (χ3v) is 2.23. The Bertz CT molecular complexity index is 402. The second kappa shape index (κ2) is 6.10. The van der Waals surface area contributed by atoms with E-state index in [1.54, 1.807) is 0 Å². The van der Waals surface area contributed by atoms with Crippen molar-refractivity contribution in [2.24, 2.45) is 0 Å². The number of carbonyl (C=O) groups is 2. The lowest BCUT2D eigenvalue weighted by atomic mass is 10.0. The maximum Gasteiger partial charge on any atom is 0.306 e. The number of hydrogen-bond donors (Lipinski definition) is 3. The van der Waals surface area contributed by atoms with Crippen LogP contribution in [0.4, 0.5) is 0 Å². The number of aliphatic carboxylic acids is 1. The van der Waals surface area contributed by atoms with Crippen LogP contribution in [0.25, 0.3) is 0 Å². The number of aromatic nitrogens is 3. The molecule has 0 aromatic carbocycles. The molecule has 0 fully saturated rings. The molecule has 0 saturated carbocycles. The minimum Gasteiger partial charge on any atom is -0.481 e. The molecule has 8 nitrogen and oxygen atoms in total. The summed E-state index contributed by atoms with van der Waals surface area (Å²) in [5.74, 6) is -1.40. The van der Waals surface area contributed by atoms with E-state index < -0.39 is 18.0 Å². The van der Waals surface area contributed by atoms with Crippen LogP contribution in [0.1, 0.15) is 19.8 Å². The summed E-state index contributed by atoms with van der Waals surface area (Å²) in [5.41, 5.74) is -1.45. The predicted molar refractivity (Wildman–Crippen MR) is 60.5 cm³/mol. The SMILES string of the molecule is CC(O)(CNC(=O)CCn1cncn1)CC(=O)O. The van der Waals surface area contributed by atoms with Crippen LogP contribution in [0.2, 0.25) is 0 Å². The molecule has 0 radical (unpaired) electrons. The standard InChI is InChI=1S/C10H16N4O4/c1-10(18,4-9(16)17)5-12-8(15)2-3-14-7-11-6-13-14/h6-7,18H,2-5H2,1H3,(H,12,15)(H,16,17). The molecule has 100 valence electrons. The van der Waals surface area contributed by atoms with Crippen molar-refractivity contribution in [3.63, 3.8) is 0 Å². The van der Waals surface area contributed by atoms with Crippen LogP contribution in [0.15, 0.2) is 12.7 Å². The van der Waals surface area contributed by atoms with E-state index in [1.807, 2.05) is 0 Å². The molecule has 1 aromatic rings. The average molecular weight is 256 g/mol. The molecule has 0 saturated heterocycles. The molecule has 0 bridgehead atoms. The third kappa shape index (κ3) is 5.39. The van der Waals surface area contributed by atoms with E-state index >= 15 is 0 Å². The van der Waals surface area contributed by atoms with E-state index in [9.17, 15) is 14.7 Å². The van der Waals surface area contributed by atoms with Crippen LogP contribution in [0, 0.1) is 0 Å². The van der Waals surface area contributed by atoms with Crippen molar-refractivity contribution in [2.75, 3.05) is 6.54 Å². The Morgan fingerprint density at radius 1 is 1.50 bits per heavy atom. The highest BCUT2D eigenvalue weighted by Gasteiger charge is 2.24. The van der Waals surface area contributed by atoms with E-state index in [2.05, 4.69) is 15.4 Å². The molecule has 3 N–H and O–H groups in total. The largest absolute Gasteiger partial charge is 0.481 e. The summed E-state index contributed by atoms with van der Waals surface area (Å²) >= 11 is 0. The number of carboxylic acids is 1. The maximum atomic E-state index is 11.4. The normalized spacial score (nSPS) is 13.9. The van der Waals surface area contributed by atoms with Gasteiger partial charge in [-0.3, -0.25) is 14.3 Å². The predicted octanol–water partition coefficient (Wildman–Crippen LogP) is -0.990. The van der Waals surface area contributed by atoms with Crippen LogP contribution in [0.5, 0.6) is 0 Å². The smallest absolute Gasteiger partial charge is 0.306 e. The van der Waals surface area contributed by atoms with Crippen LogP contribution < -0.4 is 5.32 Å². The van der Waals surface area contributed by atoms with Crippen LogP contribution >= 0.6 is 0 Å². The average Bonchev–Trinajstić information content (AvgIpc) is 2.74. The second-order valence-electron chi connectivity index (χ2n) is 4.25. The fraction of sp³-hybridized carbons (Fsp3) is 0.600. The molecule has 1 unspecified atom stereocenters. The van der Waals surface area contributed by atoms with E-state index in [0.717, 1.165) is 0 Å². The Kier molecular flexibility index (Phi) is 4.78. The Hall–Kier alpha value is -1.96.